The smallest absolute Gasteiger partial charge is 0.246 e. The van der Waals surface area contributed by atoms with Crippen molar-refractivity contribution >= 4 is 15.9 Å². The molecule has 140 valence electrons. The molecule has 0 unspecified atom stereocenters. The molecule has 0 N–H and O–H groups in total. The number of hydrogen-bond donors (Lipinski definition) is 0. The number of sulfonamides is 1. The molecule has 2 aliphatic heterocycles. The molecule has 1 aromatic rings. The van der Waals surface area contributed by atoms with Gasteiger partial charge in [-0.3, -0.25) is 14.4 Å². The van der Waals surface area contributed by atoms with E-state index in [1.165, 1.54) is 6.20 Å². The third-order valence-electron chi connectivity index (χ3n) is 5.68. The molecule has 1 amide bonds. The Morgan fingerprint density at radius 3 is 2.64 bits per heavy atom. The van der Waals surface area contributed by atoms with Gasteiger partial charge in [-0.05, 0) is 26.8 Å². The van der Waals surface area contributed by atoms with E-state index in [9.17, 15) is 13.2 Å². The molecule has 0 bridgehead atoms. The third-order valence-corrected chi connectivity index (χ3v) is 7.48. The molecule has 2 saturated heterocycles. The van der Waals surface area contributed by atoms with Crippen LogP contribution in [-0.2, 0) is 21.4 Å². The summed E-state index contributed by atoms with van der Waals surface area (Å²) < 4.78 is 29.3. The highest BCUT2D eigenvalue weighted by molar-refractivity contribution is 7.89. The SMILES string of the molecule is CCn1cc(S(=O)(=O)N2CCN(C)[C@]3(CCC(=O)N(C)CC3)C2)cn1. The zero-order valence-corrected chi connectivity index (χ0v) is 16.0. The summed E-state index contributed by atoms with van der Waals surface area (Å²) in [5.41, 5.74) is -0.285. The minimum atomic E-state index is -3.56. The molecule has 1 spiro atoms. The van der Waals surface area contributed by atoms with Gasteiger partial charge in [-0.1, -0.05) is 0 Å². The zero-order chi connectivity index (χ0) is 18.2. The number of piperazine rings is 1. The summed E-state index contributed by atoms with van der Waals surface area (Å²) in [5, 5.41) is 4.10. The number of likely N-dealkylation sites (tertiary alicyclic amines) is 1. The first-order chi connectivity index (χ1) is 11.8. The average molecular weight is 369 g/mol. The van der Waals surface area contributed by atoms with Crippen LogP contribution in [0, 0.1) is 0 Å². The van der Waals surface area contributed by atoms with Gasteiger partial charge >= 0.3 is 0 Å². The van der Waals surface area contributed by atoms with Crippen molar-refractivity contribution in [1.82, 2.24) is 23.9 Å². The number of nitrogens with zero attached hydrogens (tertiary/aromatic N) is 5. The number of carbonyl (C=O) groups is 1. The minimum absolute atomic E-state index is 0.134. The predicted molar refractivity (Wildman–Crippen MR) is 93.5 cm³/mol. The van der Waals surface area contributed by atoms with E-state index < -0.39 is 10.0 Å². The van der Waals surface area contributed by atoms with Crippen LogP contribution in [0.1, 0.15) is 26.2 Å². The molecule has 25 heavy (non-hydrogen) atoms. The van der Waals surface area contributed by atoms with Gasteiger partial charge in [0.25, 0.3) is 0 Å². The number of rotatable bonds is 3. The Kier molecular flexibility index (Phi) is 4.91. The number of amides is 1. The first-order valence-corrected chi connectivity index (χ1v) is 10.2. The summed E-state index contributed by atoms with van der Waals surface area (Å²) in [6.45, 7) is 4.76. The Labute approximate surface area is 149 Å². The van der Waals surface area contributed by atoms with Crippen LogP contribution >= 0.6 is 0 Å². The molecule has 1 atom stereocenters. The topological polar surface area (TPSA) is 78.8 Å². The van der Waals surface area contributed by atoms with Crippen molar-refractivity contribution in [1.29, 1.82) is 0 Å². The second kappa shape index (κ2) is 6.69. The summed E-state index contributed by atoms with van der Waals surface area (Å²) in [7, 11) is 0.290. The lowest BCUT2D eigenvalue weighted by Gasteiger charge is -2.48. The lowest BCUT2D eigenvalue weighted by molar-refractivity contribution is -0.129. The maximum atomic E-state index is 13.0. The van der Waals surface area contributed by atoms with Gasteiger partial charge in [-0.2, -0.15) is 9.40 Å². The minimum Gasteiger partial charge on any atom is -0.346 e. The van der Waals surface area contributed by atoms with E-state index >= 15 is 0 Å². The normalized spacial score (nSPS) is 27.0. The largest absolute Gasteiger partial charge is 0.346 e. The molecule has 0 radical (unpaired) electrons. The third kappa shape index (κ3) is 3.32. The van der Waals surface area contributed by atoms with Crippen molar-refractivity contribution < 1.29 is 13.2 Å². The monoisotopic (exact) mass is 369 g/mol. The summed E-state index contributed by atoms with van der Waals surface area (Å²) >= 11 is 0. The Bertz CT molecular complexity index is 747. The van der Waals surface area contributed by atoms with E-state index in [1.54, 1.807) is 20.1 Å². The van der Waals surface area contributed by atoms with E-state index in [2.05, 4.69) is 10.00 Å². The predicted octanol–water partition coefficient (Wildman–Crippen LogP) is 0.220. The van der Waals surface area contributed by atoms with Gasteiger partial charge < -0.3 is 4.90 Å². The van der Waals surface area contributed by atoms with Crippen LogP contribution in [0.3, 0.4) is 0 Å². The fourth-order valence-corrected chi connectivity index (χ4v) is 5.19. The number of hydrogen-bond acceptors (Lipinski definition) is 5. The summed E-state index contributed by atoms with van der Waals surface area (Å²) in [5.74, 6) is 0.134. The first kappa shape index (κ1) is 18.3. The maximum absolute atomic E-state index is 13.0. The van der Waals surface area contributed by atoms with Gasteiger partial charge in [-0.25, -0.2) is 8.42 Å². The average Bonchev–Trinajstić information content (AvgIpc) is 3.04. The van der Waals surface area contributed by atoms with Crippen molar-refractivity contribution in [3.8, 4) is 0 Å². The molecule has 2 fully saturated rings. The molecule has 0 aliphatic carbocycles. The molecule has 0 aromatic carbocycles. The van der Waals surface area contributed by atoms with Crippen LogP contribution < -0.4 is 0 Å². The van der Waals surface area contributed by atoms with E-state index in [1.807, 2.05) is 21.0 Å². The first-order valence-electron chi connectivity index (χ1n) is 8.76. The Balaban J connectivity index is 1.85. The Morgan fingerprint density at radius 1 is 1.20 bits per heavy atom. The maximum Gasteiger partial charge on any atom is 0.246 e. The van der Waals surface area contributed by atoms with Gasteiger partial charge in [0, 0.05) is 57.9 Å². The second-order valence-electron chi connectivity index (χ2n) is 7.08. The molecule has 3 heterocycles. The molecular formula is C16H27N5O3S. The van der Waals surface area contributed by atoms with E-state index in [0.29, 0.717) is 45.6 Å². The van der Waals surface area contributed by atoms with E-state index in [-0.39, 0.29) is 16.3 Å². The molecular weight excluding hydrogens is 342 g/mol. The van der Waals surface area contributed by atoms with Crippen molar-refractivity contribution in [2.45, 2.75) is 43.2 Å². The highest BCUT2D eigenvalue weighted by Gasteiger charge is 2.45. The van der Waals surface area contributed by atoms with Crippen LogP contribution in [0.4, 0.5) is 0 Å². The molecule has 8 nitrogen and oxygen atoms in total. The van der Waals surface area contributed by atoms with E-state index in [0.717, 1.165) is 6.42 Å². The number of aromatic nitrogens is 2. The quantitative estimate of drug-likeness (QED) is 0.762. The van der Waals surface area contributed by atoms with Crippen molar-refractivity contribution in [3.05, 3.63) is 12.4 Å². The lowest BCUT2D eigenvalue weighted by Crippen LogP contribution is -2.62. The Hall–Kier alpha value is -1.45. The molecule has 2 aliphatic rings. The fourth-order valence-electron chi connectivity index (χ4n) is 3.73. The standard InChI is InChI=1S/C16H27N5O3S/c1-4-20-12-14(11-17-20)25(23,24)21-10-9-19(3)16(13-21)6-5-15(22)18(2)8-7-16/h11-12H,4-10,13H2,1-3H3/t16-/m0/s1. The number of carbonyl (C=O) groups excluding carboxylic acids is 1. The van der Waals surface area contributed by atoms with Gasteiger partial charge in [-0.15, -0.1) is 0 Å². The second-order valence-corrected chi connectivity index (χ2v) is 9.02. The lowest BCUT2D eigenvalue weighted by atomic mass is 9.87. The van der Waals surface area contributed by atoms with Crippen LogP contribution in [0.25, 0.3) is 0 Å². The Morgan fingerprint density at radius 2 is 1.96 bits per heavy atom. The summed E-state index contributed by atoms with van der Waals surface area (Å²) in [4.78, 5) is 16.3. The zero-order valence-electron chi connectivity index (χ0n) is 15.2. The number of aryl methyl sites for hydroxylation is 1. The van der Waals surface area contributed by atoms with Crippen molar-refractivity contribution in [2.24, 2.45) is 0 Å². The molecule has 9 heteroatoms. The number of likely N-dealkylation sites (N-methyl/N-ethyl adjacent to an activating group) is 1. The highest BCUT2D eigenvalue weighted by atomic mass is 32.2. The molecule has 3 rings (SSSR count). The van der Waals surface area contributed by atoms with E-state index in [4.69, 9.17) is 0 Å². The van der Waals surface area contributed by atoms with Crippen LogP contribution in [0.15, 0.2) is 17.3 Å². The highest BCUT2D eigenvalue weighted by Crippen LogP contribution is 2.33. The van der Waals surface area contributed by atoms with Gasteiger partial charge in [0.15, 0.2) is 0 Å². The van der Waals surface area contributed by atoms with Gasteiger partial charge in [0.2, 0.25) is 15.9 Å². The summed E-state index contributed by atoms with van der Waals surface area (Å²) in [6.07, 6.45) is 4.94. The van der Waals surface area contributed by atoms with Crippen LogP contribution in [0.5, 0.6) is 0 Å². The summed E-state index contributed by atoms with van der Waals surface area (Å²) in [6, 6.07) is 0. The van der Waals surface area contributed by atoms with Gasteiger partial charge in [0.1, 0.15) is 4.90 Å². The molecule has 0 saturated carbocycles. The van der Waals surface area contributed by atoms with Crippen molar-refractivity contribution in [3.63, 3.8) is 0 Å². The van der Waals surface area contributed by atoms with Crippen LogP contribution in [-0.4, -0.2) is 84.0 Å². The fraction of sp³-hybridized carbons (Fsp3) is 0.750. The van der Waals surface area contributed by atoms with Crippen LogP contribution in [0.2, 0.25) is 0 Å². The van der Waals surface area contributed by atoms with Crippen molar-refractivity contribution in [2.75, 3.05) is 40.3 Å². The molecule has 1 aromatic heterocycles. The van der Waals surface area contributed by atoms with Gasteiger partial charge in [0.05, 0.1) is 6.20 Å².